The van der Waals surface area contributed by atoms with Crippen LogP contribution in [0.5, 0.6) is 0 Å². The van der Waals surface area contributed by atoms with Crippen molar-refractivity contribution in [3.05, 3.63) is 35.5 Å². The van der Waals surface area contributed by atoms with Gasteiger partial charge in [-0.15, -0.1) is 0 Å². The van der Waals surface area contributed by atoms with E-state index in [4.69, 9.17) is 4.42 Å². The molecule has 0 unspecified atom stereocenters. The number of rotatable bonds is 2. The van der Waals surface area contributed by atoms with Gasteiger partial charge in [-0.05, 0) is 19.9 Å². The average molecular weight is 288 g/mol. The van der Waals surface area contributed by atoms with Crippen LogP contribution in [-0.2, 0) is 7.05 Å². The van der Waals surface area contributed by atoms with Crippen LogP contribution in [-0.4, -0.2) is 46.5 Å². The van der Waals surface area contributed by atoms with E-state index in [2.05, 4.69) is 9.88 Å². The summed E-state index contributed by atoms with van der Waals surface area (Å²) < 4.78 is 7.45. The van der Waals surface area contributed by atoms with Gasteiger partial charge in [-0.25, -0.2) is 4.98 Å². The number of imidazole rings is 1. The highest BCUT2D eigenvalue weighted by Gasteiger charge is 2.25. The number of aromatic nitrogens is 2. The van der Waals surface area contributed by atoms with Crippen LogP contribution >= 0.6 is 0 Å². The van der Waals surface area contributed by atoms with E-state index in [0.717, 1.165) is 24.8 Å². The molecule has 6 nitrogen and oxygen atoms in total. The summed E-state index contributed by atoms with van der Waals surface area (Å²) in [7, 11) is 1.98. The van der Waals surface area contributed by atoms with Crippen LogP contribution in [0.4, 0.5) is 5.95 Å². The minimum absolute atomic E-state index is 0.0591. The second kappa shape index (κ2) is 5.27. The molecule has 0 radical (unpaired) electrons. The van der Waals surface area contributed by atoms with Crippen molar-refractivity contribution in [2.75, 3.05) is 31.1 Å². The molecule has 21 heavy (non-hydrogen) atoms. The molecule has 0 saturated carbocycles. The van der Waals surface area contributed by atoms with Crippen LogP contribution in [0, 0.1) is 13.8 Å². The Morgan fingerprint density at radius 3 is 2.48 bits per heavy atom. The molecule has 6 heteroatoms. The van der Waals surface area contributed by atoms with E-state index in [-0.39, 0.29) is 5.91 Å². The summed E-state index contributed by atoms with van der Waals surface area (Å²) in [6.07, 6.45) is 3.73. The highest BCUT2D eigenvalue weighted by Crippen LogP contribution is 2.18. The molecule has 1 saturated heterocycles. The molecule has 1 amide bonds. The fourth-order valence-electron chi connectivity index (χ4n) is 2.79. The number of hydrogen-bond acceptors (Lipinski definition) is 4. The van der Waals surface area contributed by atoms with Crippen molar-refractivity contribution in [1.82, 2.24) is 14.5 Å². The van der Waals surface area contributed by atoms with Crippen molar-refractivity contribution < 1.29 is 9.21 Å². The molecule has 0 aromatic carbocycles. The van der Waals surface area contributed by atoms with Gasteiger partial charge in [0, 0.05) is 45.6 Å². The van der Waals surface area contributed by atoms with E-state index >= 15 is 0 Å². The average Bonchev–Trinajstić information content (AvgIpc) is 3.04. The molecule has 0 N–H and O–H groups in total. The Morgan fingerprint density at radius 1 is 1.24 bits per heavy atom. The smallest absolute Gasteiger partial charge is 0.257 e. The van der Waals surface area contributed by atoms with Crippen molar-refractivity contribution in [1.29, 1.82) is 0 Å². The summed E-state index contributed by atoms with van der Waals surface area (Å²) in [5, 5.41) is 0. The number of anilines is 1. The van der Waals surface area contributed by atoms with Crippen LogP contribution in [0.2, 0.25) is 0 Å². The Morgan fingerprint density at radius 2 is 1.95 bits per heavy atom. The molecular formula is C15H20N4O2. The molecule has 2 aromatic heterocycles. The molecule has 1 aliphatic rings. The number of furan rings is 1. The number of carbonyl (C=O) groups excluding carboxylic acids is 1. The summed E-state index contributed by atoms with van der Waals surface area (Å²) in [5.74, 6) is 2.49. The van der Waals surface area contributed by atoms with Gasteiger partial charge in [-0.1, -0.05) is 0 Å². The monoisotopic (exact) mass is 288 g/mol. The molecule has 1 aliphatic heterocycles. The minimum atomic E-state index is 0.0591. The van der Waals surface area contributed by atoms with Gasteiger partial charge in [0.2, 0.25) is 5.95 Å². The van der Waals surface area contributed by atoms with Crippen molar-refractivity contribution >= 4 is 11.9 Å². The number of nitrogens with zero attached hydrogens (tertiary/aromatic N) is 4. The fraction of sp³-hybridized carbons (Fsp3) is 0.467. The molecule has 0 bridgehead atoms. The van der Waals surface area contributed by atoms with Gasteiger partial charge in [0.25, 0.3) is 5.91 Å². The Kier molecular flexibility index (Phi) is 3.45. The Hall–Kier alpha value is -2.24. The molecule has 3 rings (SSSR count). The van der Waals surface area contributed by atoms with Gasteiger partial charge in [-0.2, -0.15) is 0 Å². The van der Waals surface area contributed by atoms with Crippen LogP contribution in [0.25, 0.3) is 0 Å². The first-order valence-electron chi connectivity index (χ1n) is 7.15. The summed E-state index contributed by atoms with van der Waals surface area (Å²) in [4.78, 5) is 21.0. The predicted molar refractivity (Wildman–Crippen MR) is 79.5 cm³/mol. The normalized spacial score (nSPS) is 15.6. The molecule has 1 fully saturated rings. The lowest BCUT2D eigenvalue weighted by Gasteiger charge is -2.35. The fourth-order valence-corrected chi connectivity index (χ4v) is 2.79. The first kappa shape index (κ1) is 13.7. The van der Waals surface area contributed by atoms with Crippen LogP contribution in [0.15, 0.2) is 22.9 Å². The molecule has 2 aromatic rings. The molecule has 0 spiro atoms. The lowest BCUT2D eigenvalue weighted by atomic mass is 10.2. The second-order valence-electron chi connectivity index (χ2n) is 5.44. The summed E-state index contributed by atoms with van der Waals surface area (Å²) >= 11 is 0. The van der Waals surface area contributed by atoms with Gasteiger partial charge in [0.1, 0.15) is 11.5 Å². The zero-order chi connectivity index (χ0) is 15.0. The Labute approximate surface area is 124 Å². The van der Waals surface area contributed by atoms with Crippen molar-refractivity contribution in [2.24, 2.45) is 7.05 Å². The first-order valence-corrected chi connectivity index (χ1v) is 7.15. The topological polar surface area (TPSA) is 54.5 Å². The first-order chi connectivity index (χ1) is 10.1. The number of carbonyl (C=O) groups is 1. The standard InChI is InChI=1S/C15H20N4O2/c1-11-10-13(12(2)21-11)14(20)18-6-8-19(9-7-18)15-16-4-5-17(15)3/h4-5,10H,6-9H2,1-3H3. The molecule has 112 valence electrons. The minimum Gasteiger partial charge on any atom is -0.466 e. The van der Waals surface area contributed by atoms with E-state index in [9.17, 15) is 4.79 Å². The maximum atomic E-state index is 12.5. The SMILES string of the molecule is Cc1cc(C(=O)N2CCN(c3nccn3C)CC2)c(C)o1. The Bertz CT molecular complexity index is 650. The summed E-state index contributed by atoms with van der Waals surface area (Å²) in [6, 6.07) is 1.82. The van der Waals surface area contributed by atoms with E-state index < -0.39 is 0 Å². The highest BCUT2D eigenvalue weighted by molar-refractivity contribution is 5.95. The highest BCUT2D eigenvalue weighted by atomic mass is 16.3. The molecule has 3 heterocycles. The second-order valence-corrected chi connectivity index (χ2v) is 5.44. The lowest BCUT2D eigenvalue weighted by molar-refractivity contribution is 0.0744. The van der Waals surface area contributed by atoms with Crippen molar-refractivity contribution in [3.8, 4) is 0 Å². The number of hydrogen-bond donors (Lipinski definition) is 0. The van der Waals surface area contributed by atoms with Crippen molar-refractivity contribution in [2.45, 2.75) is 13.8 Å². The number of amides is 1. The zero-order valence-corrected chi connectivity index (χ0v) is 12.7. The maximum Gasteiger partial charge on any atom is 0.257 e. The van der Waals surface area contributed by atoms with Crippen LogP contribution in [0.1, 0.15) is 21.9 Å². The largest absolute Gasteiger partial charge is 0.466 e. The van der Waals surface area contributed by atoms with E-state index in [1.165, 1.54) is 0 Å². The Balaban J connectivity index is 1.67. The van der Waals surface area contributed by atoms with Gasteiger partial charge >= 0.3 is 0 Å². The lowest BCUT2D eigenvalue weighted by Crippen LogP contribution is -2.49. The summed E-state index contributed by atoms with van der Waals surface area (Å²) in [6.45, 7) is 6.71. The van der Waals surface area contributed by atoms with Crippen LogP contribution < -0.4 is 4.90 Å². The number of piperazine rings is 1. The third kappa shape index (κ3) is 2.53. The van der Waals surface area contributed by atoms with Gasteiger partial charge < -0.3 is 18.8 Å². The van der Waals surface area contributed by atoms with Gasteiger partial charge in [-0.3, -0.25) is 4.79 Å². The van der Waals surface area contributed by atoms with Crippen molar-refractivity contribution in [3.63, 3.8) is 0 Å². The van der Waals surface area contributed by atoms with E-state index in [1.54, 1.807) is 6.20 Å². The van der Waals surface area contributed by atoms with Crippen LogP contribution in [0.3, 0.4) is 0 Å². The maximum absolute atomic E-state index is 12.5. The molecular weight excluding hydrogens is 268 g/mol. The zero-order valence-electron chi connectivity index (χ0n) is 12.7. The third-order valence-electron chi connectivity index (χ3n) is 3.92. The quantitative estimate of drug-likeness (QED) is 0.842. The van der Waals surface area contributed by atoms with E-state index in [1.807, 2.05) is 42.6 Å². The van der Waals surface area contributed by atoms with E-state index in [0.29, 0.717) is 24.4 Å². The van der Waals surface area contributed by atoms with Gasteiger partial charge in [0.15, 0.2) is 0 Å². The van der Waals surface area contributed by atoms with Gasteiger partial charge in [0.05, 0.1) is 5.56 Å². The summed E-state index contributed by atoms with van der Waals surface area (Å²) in [5.41, 5.74) is 0.679. The molecule has 0 aliphatic carbocycles. The molecule has 0 atom stereocenters. The number of aryl methyl sites for hydroxylation is 3. The third-order valence-corrected chi connectivity index (χ3v) is 3.92. The predicted octanol–water partition coefficient (Wildman–Crippen LogP) is 1.59.